The van der Waals surface area contributed by atoms with Gasteiger partial charge in [0.1, 0.15) is 23.2 Å². The highest BCUT2D eigenvalue weighted by Gasteiger charge is 2.35. The molecule has 3 rings (SSSR count). The minimum Gasteiger partial charge on any atom is -0.457 e. The van der Waals surface area contributed by atoms with E-state index in [-0.39, 0.29) is 30.7 Å². The van der Waals surface area contributed by atoms with E-state index in [0.717, 1.165) is 14.9 Å². The first-order valence-corrected chi connectivity index (χ1v) is 9.41. The summed E-state index contributed by atoms with van der Waals surface area (Å²) in [6, 6.07) is 13.0. The number of halogens is 1. The molecule has 1 N–H and O–H groups in total. The van der Waals surface area contributed by atoms with E-state index in [1.807, 2.05) is 30.3 Å². The van der Waals surface area contributed by atoms with Gasteiger partial charge in [0.25, 0.3) is 11.8 Å². The van der Waals surface area contributed by atoms with E-state index in [1.165, 1.54) is 6.08 Å². The summed E-state index contributed by atoms with van der Waals surface area (Å²) in [7, 11) is 0. The molecule has 1 aromatic heterocycles. The molecular formula is C21H17BrN2O4. The topological polar surface area (TPSA) is 94.5 Å². The maximum absolute atomic E-state index is 12.8. The van der Waals surface area contributed by atoms with Gasteiger partial charge in [-0.05, 0) is 49.3 Å². The number of hydrogen-bond acceptors (Lipinski definition) is 5. The minimum absolute atomic E-state index is 0.0479. The number of aliphatic hydroxyl groups is 1. The largest absolute Gasteiger partial charge is 0.457 e. The van der Waals surface area contributed by atoms with Gasteiger partial charge in [-0.2, -0.15) is 5.26 Å². The average molecular weight is 441 g/mol. The summed E-state index contributed by atoms with van der Waals surface area (Å²) in [6.07, 6.45) is 1.78. The molecule has 0 atom stereocenters. The molecule has 142 valence electrons. The van der Waals surface area contributed by atoms with Crippen molar-refractivity contribution in [3.05, 3.63) is 63.4 Å². The second-order valence-electron chi connectivity index (χ2n) is 6.22. The fraction of sp³-hybridized carbons (Fsp3) is 0.190. The van der Waals surface area contributed by atoms with E-state index in [4.69, 9.17) is 9.52 Å². The molecule has 1 aliphatic rings. The maximum atomic E-state index is 12.8. The van der Waals surface area contributed by atoms with Crippen molar-refractivity contribution >= 4 is 33.8 Å². The first-order valence-electron chi connectivity index (χ1n) is 8.62. The highest BCUT2D eigenvalue weighted by molar-refractivity contribution is 9.10. The van der Waals surface area contributed by atoms with Crippen LogP contribution in [0.15, 0.2) is 62.0 Å². The Kier molecular flexibility index (Phi) is 5.93. The van der Waals surface area contributed by atoms with Crippen molar-refractivity contribution in [2.45, 2.75) is 13.3 Å². The first-order chi connectivity index (χ1) is 13.5. The second kappa shape index (κ2) is 8.38. The molecule has 7 heteroatoms. The van der Waals surface area contributed by atoms with Crippen LogP contribution in [0.3, 0.4) is 0 Å². The molecule has 2 aromatic rings. The standard InChI is InChI=1S/C21H17BrN2O4/c1-13-17(20(26)24(9-2-10-25)21(27)18(13)12-23)11-16-7-8-19(28-16)14-3-5-15(22)6-4-14/h3-8,11,25H,2,9-10H2,1H3. The zero-order chi connectivity index (χ0) is 20.3. The van der Waals surface area contributed by atoms with Gasteiger partial charge in [0.05, 0.1) is 0 Å². The lowest BCUT2D eigenvalue weighted by Crippen LogP contribution is -2.43. The van der Waals surface area contributed by atoms with E-state index in [9.17, 15) is 14.9 Å². The van der Waals surface area contributed by atoms with Gasteiger partial charge in [-0.25, -0.2) is 0 Å². The number of nitrogens with zero attached hydrogens (tertiary/aromatic N) is 2. The summed E-state index contributed by atoms with van der Waals surface area (Å²) < 4.78 is 6.78. The van der Waals surface area contributed by atoms with Crippen LogP contribution < -0.4 is 0 Å². The van der Waals surface area contributed by atoms with Crippen LogP contribution >= 0.6 is 15.9 Å². The smallest absolute Gasteiger partial charge is 0.271 e. The minimum atomic E-state index is -0.634. The SMILES string of the molecule is CC1=C(C#N)C(=O)N(CCCO)C(=O)C1=Cc1ccc(-c2ccc(Br)cc2)o1. The number of carbonyl (C=O) groups is 2. The second-order valence-corrected chi connectivity index (χ2v) is 7.13. The third kappa shape index (κ3) is 3.84. The third-order valence-corrected chi connectivity index (χ3v) is 4.94. The van der Waals surface area contributed by atoms with Crippen LogP contribution in [-0.4, -0.2) is 35.0 Å². The van der Waals surface area contributed by atoms with Gasteiger partial charge in [0.15, 0.2) is 0 Å². The molecule has 28 heavy (non-hydrogen) atoms. The highest BCUT2D eigenvalue weighted by Crippen LogP contribution is 2.29. The summed E-state index contributed by atoms with van der Waals surface area (Å²) in [5, 5.41) is 18.4. The van der Waals surface area contributed by atoms with Crippen molar-refractivity contribution in [2.24, 2.45) is 0 Å². The van der Waals surface area contributed by atoms with E-state index in [0.29, 0.717) is 17.1 Å². The zero-order valence-corrected chi connectivity index (χ0v) is 16.7. The van der Waals surface area contributed by atoms with E-state index in [2.05, 4.69) is 15.9 Å². The summed E-state index contributed by atoms with van der Waals surface area (Å²) in [5.41, 5.74) is 1.35. The Labute approximate surface area is 170 Å². The molecule has 2 heterocycles. The Balaban J connectivity index is 1.99. The molecule has 0 saturated carbocycles. The van der Waals surface area contributed by atoms with Crippen LogP contribution in [0.4, 0.5) is 0 Å². The summed E-state index contributed by atoms with van der Waals surface area (Å²) in [4.78, 5) is 26.2. The molecule has 0 bridgehead atoms. The predicted molar refractivity (Wildman–Crippen MR) is 107 cm³/mol. The number of rotatable bonds is 5. The number of imide groups is 1. The molecule has 6 nitrogen and oxygen atoms in total. The fourth-order valence-electron chi connectivity index (χ4n) is 2.90. The molecule has 2 amide bonds. The van der Waals surface area contributed by atoms with E-state index in [1.54, 1.807) is 19.1 Å². The number of aliphatic hydroxyl groups excluding tert-OH is 1. The van der Waals surface area contributed by atoms with Crippen molar-refractivity contribution in [3.8, 4) is 17.4 Å². The van der Waals surface area contributed by atoms with Crippen LogP contribution in [0, 0.1) is 11.3 Å². The fourth-order valence-corrected chi connectivity index (χ4v) is 3.17. The maximum Gasteiger partial charge on any atom is 0.271 e. The lowest BCUT2D eigenvalue weighted by molar-refractivity contribution is -0.140. The predicted octanol–water partition coefficient (Wildman–Crippen LogP) is 3.68. The van der Waals surface area contributed by atoms with Gasteiger partial charge in [0, 0.05) is 28.8 Å². The molecule has 0 aliphatic carbocycles. The number of amides is 2. The Morgan fingerprint density at radius 1 is 1.18 bits per heavy atom. The van der Waals surface area contributed by atoms with Gasteiger partial charge in [-0.1, -0.05) is 28.1 Å². The van der Waals surface area contributed by atoms with Crippen molar-refractivity contribution < 1.29 is 19.1 Å². The van der Waals surface area contributed by atoms with Crippen LogP contribution in [0.25, 0.3) is 17.4 Å². The molecule has 0 unspecified atom stereocenters. The molecule has 0 radical (unpaired) electrons. The Morgan fingerprint density at radius 2 is 1.89 bits per heavy atom. The number of furan rings is 1. The highest BCUT2D eigenvalue weighted by atomic mass is 79.9. The van der Waals surface area contributed by atoms with Crippen LogP contribution in [0.2, 0.25) is 0 Å². The van der Waals surface area contributed by atoms with Crippen LogP contribution in [-0.2, 0) is 9.59 Å². The van der Waals surface area contributed by atoms with E-state index < -0.39 is 11.8 Å². The van der Waals surface area contributed by atoms with Crippen molar-refractivity contribution in [1.29, 1.82) is 5.26 Å². The summed E-state index contributed by atoms with van der Waals surface area (Å²) in [5.74, 6) is -0.0607. The Morgan fingerprint density at radius 3 is 2.54 bits per heavy atom. The first kappa shape index (κ1) is 19.8. The number of carbonyl (C=O) groups excluding carboxylic acids is 2. The van der Waals surface area contributed by atoms with Crippen LogP contribution in [0.5, 0.6) is 0 Å². The van der Waals surface area contributed by atoms with Crippen molar-refractivity contribution in [1.82, 2.24) is 4.90 Å². The van der Waals surface area contributed by atoms with Crippen LogP contribution in [0.1, 0.15) is 19.1 Å². The van der Waals surface area contributed by atoms with Crippen molar-refractivity contribution in [2.75, 3.05) is 13.2 Å². The number of nitriles is 1. The Hall–Kier alpha value is -2.95. The summed E-state index contributed by atoms with van der Waals surface area (Å²) >= 11 is 3.39. The monoisotopic (exact) mass is 440 g/mol. The van der Waals surface area contributed by atoms with Gasteiger partial charge >= 0.3 is 0 Å². The number of benzene rings is 1. The van der Waals surface area contributed by atoms with E-state index >= 15 is 0 Å². The summed E-state index contributed by atoms with van der Waals surface area (Å²) in [6.45, 7) is 1.46. The normalized spacial score (nSPS) is 16.1. The van der Waals surface area contributed by atoms with Gasteiger partial charge in [-0.15, -0.1) is 0 Å². The lowest BCUT2D eigenvalue weighted by Gasteiger charge is -2.27. The lowest BCUT2D eigenvalue weighted by atomic mass is 9.94. The quantitative estimate of drug-likeness (QED) is 0.564. The van der Waals surface area contributed by atoms with Gasteiger partial charge < -0.3 is 9.52 Å². The average Bonchev–Trinajstić information content (AvgIpc) is 3.15. The van der Waals surface area contributed by atoms with Gasteiger partial charge in [-0.3, -0.25) is 14.5 Å². The van der Waals surface area contributed by atoms with Crippen molar-refractivity contribution in [3.63, 3.8) is 0 Å². The van der Waals surface area contributed by atoms with Gasteiger partial charge in [0.2, 0.25) is 0 Å². The molecule has 0 spiro atoms. The zero-order valence-electron chi connectivity index (χ0n) is 15.1. The molecule has 1 aromatic carbocycles. The molecule has 0 saturated heterocycles. The molecule has 1 aliphatic heterocycles. The molecule has 0 fully saturated rings. The molecular weight excluding hydrogens is 424 g/mol. The number of hydrogen-bond donors (Lipinski definition) is 1. The third-order valence-electron chi connectivity index (χ3n) is 4.41. The Bertz CT molecular complexity index is 1030.